The first-order valence-corrected chi connectivity index (χ1v) is 7.23. The second kappa shape index (κ2) is 6.02. The zero-order valence-electron chi connectivity index (χ0n) is 11.0. The highest BCUT2D eigenvalue weighted by molar-refractivity contribution is 4.86. The normalized spacial score (nSPS) is 25.9. The number of nitrogens with one attached hydrogen (secondary N) is 1. The maximum atomic E-state index is 3.61. The lowest BCUT2D eigenvalue weighted by Gasteiger charge is -2.24. The van der Waals surface area contributed by atoms with E-state index in [0.29, 0.717) is 0 Å². The molecule has 1 saturated heterocycles. The maximum absolute atomic E-state index is 3.61. The molecule has 94 valence electrons. The SMILES string of the molecule is CC(C)CCN(CCC1CCCN1)C1CC1. The van der Waals surface area contributed by atoms with Crippen LogP contribution in [0.2, 0.25) is 0 Å². The smallest absolute Gasteiger partial charge is 0.00964 e. The van der Waals surface area contributed by atoms with Crippen molar-refractivity contribution in [3.8, 4) is 0 Å². The van der Waals surface area contributed by atoms with Gasteiger partial charge in [-0.2, -0.15) is 0 Å². The molecule has 1 unspecified atom stereocenters. The fourth-order valence-corrected chi connectivity index (χ4v) is 2.67. The lowest BCUT2D eigenvalue weighted by molar-refractivity contribution is 0.236. The second-order valence-electron chi connectivity index (χ2n) is 6.03. The highest BCUT2D eigenvalue weighted by Crippen LogP contribution is 2.28. The fourth-order valence-electron chi connectivity index (χ4n) is 2.67. The van der Waals surface area contributed by atoms with Gasteiger partial charge in [-0.05, 0) is 64.1 Å². The van der Waals surface area contributed by atoms with Crippen LogP contribution in [0.1, 0.15) is 52.4 Å². The van der Waals surface area contributed by atoms with E-state index in [0.717, 1.165) is 18.0 Å². The third-order valence-corrected chi connectivity index (χ3v) is 3.98. The van der Waals surface area contributed by atoms with E-state index < -0.39 is 0 Å². The molecule has 16 heavy (non-hydrogen) atoms. The second-order valence-corrected chi connectivity index (χ2v) is 6.03. The molecule has 0 aromatic heterocycles. The Labute approximate surface area is 101 Å². The molecule has 2 aliphatic rings. The summed E-state index contributed by atoms with van der Waals surface area (Å²) in [5.41, 5.74) is 0. The van der Waals surface area contributed by atoms with Crippen LogP contribution in [0.5, 0.6) is 0 Å². The van der Waals surface area contributed by atoms with Crippen LogP contribution in [0.3, 0.4) is 0 Å². The summed E-state index contributed by atoms with van der Waals surface area (Å²) in [4.78, 5) is 2.75. The van der Waals surface area contributed by atoms with Crippen molar-refractivity contribution in [2.45, 2.75) is 64.5 Å². The van der Waals surface area contributed by atoms with Gasteiger partial charge in [0, 0.05) is 12.1 Å². The number of hydrogen-bond acceptors (Lipinski definition) is 2. The van der Waals surface area contributed by atoms with Crippen LogP contribution in [0.25, 0.3) is 0 Å². The molecule has 1 heterocycles. The van der Waals surface area contributed by atoms with E-state index in [1.807, 2.05) is 0 Å². The van der Waals surface area contributed by atoms with Gasteiger partial charge in [0.25, 0.3) is 0 Å². The Morgan fingerprint density at radius 3 is 2.56 bits per heavy atom. The maximum Gasteiger partial charge on any atom is 0.00964 e. The summed E-state index contributed by atoms with van der Waals surface area (Å²) in [5, 5.41) is 3.61. The average molecular weight is 224 g/mol. The third-order valence-electron chi connectivity index (χ3n) is 3.98. The molecule has 0 aromatic rings. The zero-order valence-corrected chi connectivity index (χ0v) is 11.0. The van der Waals surface area contributed by atoms with Crippen molar-refractivity contribution in [2.75, 3.05) is 19.6 Å². The molecule has 1 saturated carbocycles. The molecule has 0 spiro atoms. The Hall–Kier alpha value is -0.0800. The van der Waals surface area contributed by atoms with E-state index >= 15 is 0 Å². The van der Waals surface area contributed by atoms with Gasteiger partial charge in [-0.1, -0.05) is 13.8 Å². The van der Waals surface area contributed by atoms with Gasteiger partial charge in [0.1, 0.15) is 0 Å². The van der Waals surface area contributed by atoms with E-state index in [-0.39, 0.29) is 0 Å². The molecule has 0 bridgehead atoms. The lowest BCUT2D eigenvalue weighted by Crippen LogP contribution is -2.33. The number of rotatable bonds is 7. The van der Waals surface area contributed by atoms with Crippen LogP contribution in [-0.2, 0) is 0 Å². The van der Waals surface area contributed by atoms with Crippen molar-refractivity contribution < 1.29 is 0 Å². The van der Waals surface area contributed by atoms with Gasteiger partial charge in [-0.15, -0.1) is 0 Å². The van der Waals surface area contributed by atoms with Crippen LogP contribution < -0.4 is 5.32 Å². The lowest BCUT2D eigenvalue weighted by atomic mass is 10.1. The Balaban J connectivity index is 1.65. The van der Waals surface area contributed by atoms with Crippen molar-refractivity contribution in [3.63, 3.8) is 0 Å². The van der Waals surface area contributed by atoms with E-state index in [1.54, 1.807) is 0 Å². The van der Waals surface area contributed by atoms with Crippen molar-refractivity contribution in [2.24, 2.45) is 5.92 Å². The highest BCUT2D eigenvalue weighted by Gasteiger charge is 2.29. The van der Waals surface area contributed by atoms with E-state index in [1.165, 1.54) is 58.2 Å². The monoisotopic (exact) mass is 224 g/mol. The summed E-state index contributed by atoms with van der Waals surface area (Å²) >= 11 is 0. The van der Waals surface area contributed by atoms with Gasteiger partial charge in [0.05, 0.1) is 0 Å². The Bertz CT molecular complexity index is 193. The summed E-state index contributed by atoms with van der Waals surface area (Å²) in [5.74, 6) is 0.853. The predicted octanol–water partition coefficient (Wildman–Crippen LogP) is 2.64. The fraction of sp³-hybridized carbons (Fsp3) is 1.00. The molecular formula is C14H28N2. The minimum absolute atomic E-state index is 0.820. The molecule has 0 amide bonds. The van der Waals surface area contributed by atoms with Crippen LogP contribution in [0, 0.1) is 5.92 Å². The summed E-state index contributed by atoms with van der Waals surface area (Å²) in [6.07, 6.45) is 8.44. The van der Waals surface area contributed by atoms with Crippen molar-refractivity contribution in [1.29, 1.82) is 0 Å². The van der Waals surface area contributed by atoms with Gasteiger partial charge in [-0.25, -0.2) is 0 Å². The topological polar surface area (TPSA) is 15.3 Å². The minimum Gasteiger partial charge on any atom is -0.314 e. The van der Waals surface area contributed by atoms with Crippen molar-refractivity contribution >= 4 is 0 Å². The first-order chi connectivity index (χ1) is 7.75. The van der Waals surface area contributed by atoms with Crippen molar-refractivity contribution in [3.05, 3.63) is 0 Å². The van der Waals surface area contributed by atoms with E-state index in [2.05, 4.69) is 24.1 Å². The van der Waals surface area contributed by atoms with Crippen LogP contribution in [0.15, 0.2) is 0 Å². The average Bonchev–Trinajstić information content (AvgIpc) is 2.95. The van der Waals surface area contributed by atoms with E-state index in [9.17, 15) is 0 Å². The molecule has 1 atom stereocenters. The summed E-state index contributed by atoms with van der Waals surface area (Å²) in [6, 6.07) is 1.76. The molecule has 2 rings (SSSR count). The molecule has 2 heteroatoms. The molecule has 1 N–H and O–H groups in total. The van der Waals surface area contributed by atoms with Crippen LogP contribution >= 0.6 is 0 Å². The van der Waals surface area contributed by atoms with Crippen molar-refractivity contribution in [1.82, 2.24) is 10.2 Å². The molecule has 0 radical (unpaired) electrons. The van der Waals surface area contributed by atoms with E-state index in [4.69, 9.17) is 0 Å². The first-order valence-electron chi connectivity index (χ1n) is 7.23. The molecule has 0 aromatic carbocycles. The van der Waals surface area contributed by atoms with Gasteiger partial charge in [0.15, 0.2) is 0 Å². The Kier molecular flexibility index (Phi) is 4.66. The van der Waals surface area contributed by atoms with Gasteiger partial charge >= 0.3 is 0 Å². The summed E-state index contributed by atoms with van der Waals surface area (Å²) < 4.78 is 0. The molecule has 1 aliphatic heterocycles. The summed E-state index contributed by atoms with van der Waals surface area (Å²) in [7, 11) is 0. The predicted molar refractivity (Wildman–Crippen MR) is 69.7 cm³/mol. The van der Waals surface area contributed by atoms with Gasteiger partial charge in [0.2, 0.25) is 0 Å². The number of nitrogens with zero attached hydrogens (tertiary/aromatic N) is 1. The molecule has 2 fully saturated rings. The quantitative estimate of drug-likeness (QED) is 0.715. The molecular weight excluding hydrogens is 196 g/mol. The largest absolute Gasteiger partial charge is 0.314 e. The third kappa shape index (κ3) is 4.06. The molecule has 2 nitrogen and oxygen atoms in total. The van der Waals surface area contributed by atoms with Gasteiger partial charge in [-0.3, -0.25) is 0 Å². The minimum atomic E-state index is 0.820. The number of hydrogen-bond donors (Lipinski definition) is 1. The zero-order chi connectivity index (χ0) is 11.4. The molecule has 1 aliphatic carbocycles. The van der Waals surface area contributed by atoms with Crippen LogP contribution in [-0.4, -0.2) is 36.6 Å². The van der Waals surface area contributed by atoms with Crippen LogP contribution in [0.4, 0.5) is 0 Å². The first kappa shape index (κ1) is 12.4. The standard InChI is InChI=1S/C14H28N2/c1-12(2)7-10-16(14-5-6-14)11-8-13-4-3-9-15-13/h12-15H,3-11H2,1-2H3. The summed E-state index contributed by atoms with van der Waals surface area (Å²) in [6.45, 7) is 8.58. The Morgan fingerprint density at radius 2 is 2.00 bits per heavy atom. The Morgan fingerprint density at radius 1 is 1.19 bits per heavy atom. The highest BCUT2D eigenvalue weighted by atomic mass is 15.2. The van der Waals surface area contributed by atoms with Gasteiger partial charge < -0.3 is 10.2 Å².